The summed E-state index contributed by atoms with van der Waals surface area (Å²) in [7, 11) is 1.64. The van der Waals surface area contributed by atoms with Crippen LogP contribution >= 0.6 is 11.8 Å². The second-order valence-electron chi connectivity index (χ2n) is 7.59. The molecule has 162 valence electrons. The molecule has 0 radical (unpaired) electrons. The molecule has 7 nitrogen and oxygen atoms in total. The zero-order chi connectivity index (χ0) is 21.9. The van der Waals surface area contributed by atoms with Gasteiger partial charge in [0.15, 0.2) is 5.16 Å². The van der Waals surface area contributed by atoms with Crippen LogP contribution < -0.4 is 10.1 Å². The number of nitrogens with one attached hydrogen (secondary N) is 1. The lowest BCUT2D eigenvalue weighted by molar-refractivity contribution is -0.113. The summed E-state index contributed by atoms with van der Waals surface area (Å²) in [5.41, 5.74) is 2.89. The number of rotatable bonds is 8. The number of benzene rings is 2. The Labute approximate surface area is 190 Å². The van der Waals surface area contributed by atoms with Gasteiger partial charge in [-0.25, -0.2) is 9.67 Å². The maximum Gasteiger partial charge on any atom is 0.236 e. The van der Waals surface area contributed by atoms with Crippen molar-refractivity contribution < 1.29 is 9.53 Å². The van der Waals surface area contributed by atoms with Crippen LogP contribution in [0.15, 0.2) is 78.2 Å². The van der Waals surface area contributed by atoms with Crippen molar-refractivity contribution in [3.63, 3.8) is 0 Å². The number of anilines is 1. The quantitative estimate of drug-likeness (QED) is 0.399. The number of ether oxygens (including phenoxy) is 1. The van der Waals surface area contributed by atoms with Crippen LogP contribution in [0.1, 0.15) is 24.5 Å². The van der Waals surface area contributed by atoms with E-state index >= 15 is 0 Å². The molecule has 0 atom stereocenters. The summed E-state index contributed by atoms with van der Waals surface area (Å²) in [6.07, 6.45) is 5.91. The summed E-state index contributed by atoms with van der Waals surface area (Å²) < 4.78 is 9.07. The molecule has 2 heterocycles. The van der Waals surface area contributed by atoms with Gasteiger partial charge in [0.05, 0.1) is 29.9 Å². The van der Waals surface area contributed by atoms with Gasteiger partial charge in [0.25, 0.3) is 0 Å². The molecule has 0 spiro atoms. The Morgan fingerprint density at radius 1 is 1.12 bits per heavy atom. The molecule has 1 fully saturated rings. The minimum Gasteiger partial charge on any atom is -0.497 e. The summed E-state index contributed by atoms with van der Waals surface area (Å²) in [6, 6.07) is 19.6. The minimum atomic E-state index is -0.102. The van der Waals surface area contributed by atoms with Gasteiger partial charge in [-0.05, 0) is 37.1 Å². The van der Waals surface area contributed by atoms with Gasteiger partial charge in [0.2, 0.25) is 5.91 Å². The summed E-state index contributed by atoms with van der Waals surface area (Å²) >= 11 is 1.39. The summed E-state index contributed by atoms with van der Waals surface area (Å²) in [5, 5.41) is 8.52. The third-order valence-electron chi connectivity index (χ3n) is 5.26. The predicted octanol–water partition coefficient (Wildman–Crippen LogP) is 4.67. The molecule has 1 saturated carbocycles. The molecule has 2 aromatic carbocycles. The molecule has 0 saturated heterocycles. The average Bonchev–Trinajstić information content (AvgIpc) is 3.43. The van der Waals surface area contributed by atoms with Crippen LogP contribution in [0.2, 0.25) is 0 Å². The number of aromatic nitrogens is 4. The number of nitrogens with zero attached hydrogens (tertiary/aromatic N) is 4. The van der Waals surface area contributed by atoms with Gasteiger partial charge >= 0.3 is 0 Å². The first-order chi connectivity index (χ1) is 15.7. The molecule has 1 aliphatic rings. The smallest absolute Gasteiger partial charge is 0.236 e. The molecule has 0 aliphatic heterocycles. The number of carbonyl (C=O) groups is 1. The topological polar surface area (TPSA) is 74.0 Å². The number of carbonyl (C=O) groups excluding carboxylic acids is 1. The number of para-hydroxylation sites is 1. The van der Waals surface area contributed by atoms with E-state index in [2.05, 4.69) is 10.3 Å². The third kappa shape index (κ3) is 4.40. The van der Waals surface area contributed by atoms with Gasteiger partial charge in [-0.3, -0.25) is 9.36 Å². The first-order valence-corrected chi connectivity index (χ1v) is 11.5. The normalized spacial score (nSPS) is 13.2. The fraction of sp³-hybridized carbons (Fsp3) is 0.208. The van der Waals surface area contributed by atoms with E-state index in [1.54, 1.807) is 13.3 Å². The minimum absolute atomic E-state index is 0.102. The fourth-order valence-corrected chi connectivity index (χ4v) is 4.27. The molecular formula is C24H23N5O2S. The van der Waals surface area contributed by atoms with Crippen LogP contribution in [0.5, 0.6) is 5.75 Å². The summed E-state index contributed by atoms with van der Waals surface area (Å²) in [4.78, 5) is 17.2. The van der Waals surface area contributed by atoms with Crippen molar-refractivity contribution in [1.82, 2.24) is 19.3 Å². The van der Waals surface area contributed by atoms with Gasteiger partial charge in [-0.2, -0.15) is 5.10 Å². The predicted molar refractivity (Wildman–Crippen MR) is 125 cm³/mol. The number of thioether (sulfide) groups is 1. The van der Waals surface area contributed by atoms with Gasteiger partial charge in [0, 0.05) is 30.4 Å². The van der Waals surface area contributed by atoms with E-state index in [-0.39, 0.29) is 11.7 Å². The molecule has 0 unspecified atom stereocenters. The lowest BCUT2D eigenvalue weighted by Gasteiger charge is -2.10. The van der Waals surface area contributed by atoms with Crippen LogP contribution in [0.3, 0.4) is 0 Å². The second-order valence-corrected chi connectivity index (χ2v) is 8.54. The summed E-state index contributed by atoms with van der Waals surface area (Å²) in [5.74, 6) is 2.10. The molecule has 1 N–H and O–H groups in total. The lowest BCUT2D eigenvalue weighted by Crippen LogP contribution is -2.17. The van der Waals surface area contributed by atoms with Crippen LogP contribution in [0, 0.1) is 0 Å². The first-order valence-electron chi connectivity index (χ1n) is 10.5. The standard InChI is InChI=1S/C24H23N5O2S/c1-31-20-9-5-8-19(14-20)28-13-12-25-24(28)32-16-23(30)26-22-15-21(17-10-11-17)27-29(22)18-6-3-2-4-7-18/h2-9,12-15,17H,10-11,16H2,1H3,(H,26,30). The molecular weight excluding hydrogens is 422 g/mol. The van der Waals surface area contributed by atoms with E-state index in [1.807, 2.05) is 76.1 Å². The van der Waals surface area contributed by atoms with Crippen molar-refractivity contribution in [3.05, 3.63) is 78.8 Å². The van der Waals surface area contributed by atoms with Crippen LogP contribution in [0.25, 0.3) is 11.4 Å². The second kappa shape index (κ2) is 8.92. The SMILES string of the molecule is COc1cccc(-n2ccnc2SCC(=O)Nc2cc(C3CC3)nn2-c2ccccc2)c1. The fourth-order valence-electron chi connectivity index (χ4n) is 3.50. The third-order valence-corrected chi connectivity index (χ3v) is 6.23. The van der Waals surface area contributed by atoms with Crippen molar-refractivity contribution in [2.75, 3.05) is 18.2 Å². The molecule has 8 heteroatoms. The van der Waals surface area contributed by atoms with E-state index < -0.39 is 0 Å². The Balaban J connectivity index is 1.30. The highest BCUT2D eigenvalue weighted by molar-refractivity contribution is 7.99. The maximum absolute atomic E-state index is 12.8. The van der Waals surface area contributed by atoms with Crippen molar-refractivity contribution in [2.24, 2.45) is 0 Å². The highest BCUT2D eigenvalue weighted by atomic mass is 32.2. The van der Waals surface area contributed by atoms with E-state index in [4.69, 9.17) is 9.84 Å². The molecule has 32 heavy (non-hydrogen) atoms. The van der Waals surface area contributed by atoms with Crippen LogP contribution in [-0.4, -0.2) is 38.1 Å². The van der Waals surface area contributed by atoms with E-state index in [0.29, 0.717) is 11.7 Å². The van der Waals surface area contributed by atoms with E-state index in [0.717, 1.165) is 40.8 Å². The monoisotopic (exact) mass is 445 g/mol. The first kappa shape index (κ1) is 20.4. The van der Waals surface area contributed by atoms with Crippen molar-refractivity contribution in [1.29, 1.82) is 0 Å². The van der Waals surface area contributed by atoms with Crippen LogP contribution in [-0.2, 0) is 4.79 Å². The Bertz CT molecular complexity index is 1230. The van der Waals surface area contributed by atoms with Crippen molar-refractivity contribution in [3.8, 4) is 17.1 Å². The number of hydrogen-bond donors (Lipinski definition) is 1. The lowest BCUT2D eigenvalue weighted by atomic mass is 10.3. The Hall–Kier alpha value is -3.52. The Kier molecular flexibility index (Phi) is 5.68. The number of hydrogen-bond acceptors (Lipinski definition) is 5. The molecule has 4 aromatic rings. The largest absolute Gasteiger partial charge is 0.497 e. The molecule has 1 amide bonds. The molecule has 1 aliphatic carbocycles. The summed E-state index contributed by atoms with van der Waals surface area (Å²) in [6.45, 7) is 0. The maximum atomic E-state index is 12.8. The van der Waals surface area contributed by atoms with Crippen molar-refractivity contribution >= 4 is 23.5 Å². The van der Waals surface area contributed by atoms with Crippen LogP contribution in [0.4, 0.5) is 5.82 Å². The average molecular weight is 446 g/mol. The number of amides is 1. The molecule has 0 bridgehead atoms. The van der Waals surface area contributed by atoms with Gasteiger partial charge in [-0.1, -0.05) is 36.0 Å². The zero-order valence-electron chi connectivity index (χ0n) is 17.6. The molecule has 2 aromatic heterocycles. The van der Waals surface area contributed by atoms with Gasteiger partial charge < -0.3 is 10.1 Å². The Morgan fingerprint density at radius 3 is 2.72 bits per heavy atom. The van der Waals surface area contributed by atoms with Crippen molar-refractivity contribution in [2.45, 2.75) is 23.9 Å². The number of methoxy groups -OCH3 is 1. The van der Waals surface area contributed by atoms with E-state index in [1.165, 1.54) is 11.8 Å². The number of imidazole rings is 1. The highest BCUT2D eigenvalue weighted by Crippen LogP contribution is 2.40. The highest BCUT2D eigenvalue weighted by Gasteiger charge is 2.28. The Morgan fingerprint density at radius 2 is 1.94 bits per heavy atom. The zero-order valence-corrected chi connectivity index (χ0v) is 18.5. The van der Waals surface area contributed by atoms with Gasteiger partial charge in [-0.15, -0.1) is 0 Å². The molecule has 5 rings (SSSR count). The van der Waals surface area contributed by atoms with Gasteiger partial charge in [0.1, 0.15) is 11.6 Å². The van der Waals surface area contributed by atoms with E-state index in [9.17, 15) is 4.79 Å².